The molecule has 2 heterocycles. The second kappa shape index (κ2) is 5.34. The SMILES string of the molecule is CCCOc1cccnc1Nc1cnn(C)c1. The third kappa shape index (κ3) is 2.96. The second-order valence-electron chi connectivity index (χ2n) is 3.73. The van der Waals surface area contributed by atoms with Gasteiger partial charge in [0.05, 0.1) is 18.5 Å². The Morgan fingerprint density at radius 2 is 2.35 bits per heavy atom. The van der Waals surface area contributed by atoms with E-state index in [1.54, 1.807) is 17.1 Å². The van der Waals surface area contributed by atoms with Gasteiger partial charge in [-0.2, -0.15) is 5.10 Å². The number of hydrogen-bond acceptors (Lipinski definition) is 4. The van der Waals surface area contributed by atoms with E-state index in [2.05, 4.69) is 22.3 Å². The van der Waals surface area contributed by atoms with Crippen molar-refractivity contribution in [1.82, 2.24) is 14.8 Å². The Labute approximate surface area is 100 Å². The highest BCUT2D eigenvalue weighted by atomic mass is 16.5. The van der Waals surface area contributed by atoms with E-state index in [0.29, 0.717) is 12.4 Å². The Morgan fingerprint density at radius 3 is 3.06 bits per heavy atom. The average molecular weight is 232 g/mol. The van der Waals surface area contributed by atoms with Gasteiger partial charge < -0.3 is 10.1 Å². The van der Waals surface area contributed by atoms with Gasteiger partial charge in [0.15, 0.2) is 11.6 Å². The van der Waals surface area contributed by atoms with Crippen LogP contribution in [0.1, 0.15) is 13.3 Å². The fraction of sp³-hybridized carbons (Fsp3) is 0.333. The Bertz CT molecular complexity index is 481. The van der Waals surface area contributed by atoms with E-state index in [1.807, 2.05) is 25.4 Å². The van der Waals surface area contributed by atoms with Crippen molar-refractivity contribution in [3.8, 4) is 5.75 Å². The molecular formula is C12H16N4O. The lowest BCUT2D eigenvalue weighted by atomic mass is 10.4. The molecule has 0 fully saturated rings. The Balaban J connectivity index is 2.14. The van der Waals surface area contributed by atoms with Gasteiger partial charge in [-0.05, 0) is 18.6 Å². The zero-order valence-corrected chi connectivity index (χ0v) is 10.1. The first-order valence-electron chi connectivity index (χ1n) is 5.63. The Kier molecular flexibility index (Phi) is 3.59. The molecule has 17 heavy (non-hydrogen) atoms. The number of aromatic nitrogens is 3. The van der Waals surface area contributed by atoms with Crippen molar-refractivity contribution in [1.29, 1.82) is 0 Å². The number of ether oxygens (including phenoxy) is 1. The van der Waals surface area contributed by atoms with Crippen molar-refractivity contribution in [3.63, 3.8) is 0 Å². The first kappa shape index (κ1) is 11.4. The number of nitrogens with one attached hydrogen (secondary N) is 1. The van der Waals surface area contributed by atoms with Crippen LogP contribution >= 0.6 is 0 Å². The lowest BCUT2D eigenvalue weighted by Gasteiger charge is -2.10. The molecule has 0 bridgehead atoms. The molecule has 0 saturated heterocycles. The van der Waals surface area contributed by atoms with Gasteiger partial charge in [0, 0.05) is 19.4 Å². The molecule has 0 aliphatic rings. The van der Waals surface area contributed by atoms with Crippen molar-refractivity contribution in [2.75, 3.05) is 11.9 Å². The molecular weight excluding hydrogens is 216 g/mol. The van der Waals surface area contributed by atoms with Crippen LogP contribution in [0.3, 0.4) is 0 Å². The van der Waals surface area contributed by atoms with Gasteiger partial charge in [-0.25, -0.2) is 4.98 Å². The molecule has 0 radical (unpaired) electrons. The summed E-state index contributed by atoms with van der Waals surface area (Å²) in [5.74, 6) is 1.48. The van der Waals surface area contributed by atoms with Crippen LogP contribution in [0.4, 0.5) is 11.5 Å². The maximum atomic E-state index is 5.61. The molecule has 0 atom stereocenters. The van der Waals surface area contributed by atoms with Crippen molar-refractivity contribution in [3.05, 3.63) is 30.7 Å². The second-order valence-corrected chi connectivity index (χ2v) is 3.73. The summed E-state index contributed by atoms with van der Waals surface area (Å²) in [6.45, 7) is 2.76. The number of aryl methyl sites for hydroxylation is 1. The molecule has 0 saturated carbocycles. The van der Waals surface area contributed by atoms with Crippen LogP contribution in [0.5, 0.6) is 5.75 Å². The zero-order valence-electron chi connectivity index (χ0n) is 10.1. The molecule has 90 valence electrons. The van der Waals surface area contributed by atoms with E-state index >= 15 is 0 Å². The van der Waals surface area contributed by atoms with Crippen LogP contribution in [0.2, 0.25) is 0 Å². The van der Waals surface area contributed by atoms with Gasteiger partial charge in [0.25, 0.3) is 0 Å². The first-order valence-corrected chi connectivity index (χ1v) is 5.63. The molecule has 0 aliphatic heterocycles. The molecule has 0 amide bonds. The van der Waals surface area contributed by atoms with Gasteiger partial charge in [-0.3, -0.25) is 4.68 Å². The zero-order chi connectivity index (χ0) is 12.1. The molecule has 0 aliphatic carbocycles. The van der Waals surface area contributed by atoms with E-state index in [0.717, 1.165) is 17.9 Å². The highest BCUT2D eigenvalue weighted by molar-refractivity contribution is 5.60. The minimum atomic E-state index is 0.688. The van der Waals surface area contributed by atoms with Crippen molar-refractivity contribution < 1.29 is 4.74 Å². The maximum absolute atomic E-state index is 5.61. The summed E-state index contributed by atoms with van der Waals surface area (Å²) in [4.78, 5) is 4.26. The molecule has 2 aromatic heterocycles. The normalized spacial score (nSPS) is 10.2. The average Bonchev–Trinajstić information content (AvgIpc) is 2.74. The predicted molar refractivity (Wildman–Crippen MR) is 66.5 cm³/mol. The standard InChI is InChI=1S/C12H16N4O/c1-3-7-17-11-5-4-6-13-12(11)15-10-8-14-16(2)9-10/h4-6,8-9H,3,7H2,1-2H3,(H,13,15). The van der Waals surface area contributed by atoms with Crippen LogP contribution in [-0.2, 0) is 7.05 Å². The maximum Gasteiger partial charge on any atom is 0.173 e. The number of hydrogen-bond donors (Lipinski definition) is 1. The molecule has 0 spiro atoms. The van der Waals surface area contributed by atoms with Crippen molar-refractivity contribution in [2.24, 2.45) is 7.05 Å². The molecule has 2 rings (SSSR count). The molecule has 0 aromatic carbocycles. The van der Waals surface area contributed by atoms with Crippen LogP contribution in [0, 0.1) is 0 Å². The van der Waals surface area contributed by atoms with Crippen LogP contribution in [0.25, 0.3) is 0 Å². The quantitative estimate of drug-likeness (QED) is 0.859. The molecule has 5 heteroatoms. The van der Waals surface area contributed by atoms with E-state index in [1.165, 1.54) is 0 Å². The first-order chi connectivity index (χ1) is 8.29. The lowest BCUT2D eigenvalue weighted by Crippen LogP contribution is -2.00. The summed E-state index contributed by atoms with van der Waals surface area (Å²) in [6, 6.07) is 3.76. The van der Waals surface area contributed by atoms with E-state index in [9.17, 15) is 0 Å². The monoisotopic (exact) mass is 232 g/mol. The lowest BCUT2D eigenvalue weighted by molar-refractivity contribution is 0.318. The summed E-state index contributed by atoms with van der Waals surface area (Å²) >= 11 is 0. The predicted octanol–water partition coefficient (Wildman–Crippen LogP) is 2.35. The molecule has 1 N–H and O–H groups in total. The van der Waals surface area contributed by atoms with Gasteiger partial charge in [0.2, 0.25) is 0 Å². The fourth-order valence-electron chi connectivity index (χ4n) is 1.44. The minimum absolute atomic E-state index is 0.688. The van der Waals surface area contributed by atoms with E-state index in [-0.39, 0.29) is 0 Å². The van der Waals surface area contributed by atoms with Crippen LogP contribution < -0.4 is 10.1 Å². The van der Waals surface area contributed by atoms with E-state index in [4.69, 9.17) is 4.74 Å². The number of anilines is 2. The van der Waals surface area contributed by atoms with Crippen molar-refractivity contribution in [2.45, 2.75) is 13.3 Å². The highest BCUT2D eigenvalue weighted by Gasteiger charge is 2.05. The summed E-state index contributed by atoms with van der Waals surface area (Å²) in [7, 11) is 1.87. The molecule has 0 unspecified atom stereocenters. The van der Waals surface area contributed by atoms with Gasteiger partial charge in [-0.15, -0.1) is 0 Å². The van der Waals surface area contributed by atoms with Gasteiger partial charge >= 0.3 is 0 Å². The fourth-order valence-corrected chi connectivity index (χ4v) is 1.44. The van der Waals surface area contributed by atoms with Gasteiger partial charge in [-0.1, -0.05) is 6.92 Å². The smallest absolute Gasteiger partial charge is 0.173 e. The van der Waals surface area contributed by atoms with E-state index < -0.39 is 0 Å². The number of nitrogens with zero attached hydrogens (tertiary/aromatic N) is 3. The Hall–Kier alpha value is -2.04. The number of rotatable bonds is 5. The van der Waals surface area contributed by atoms with Crippen LogP contribution in [0.15, 0.2) is 30.7 Å². The molecule has 2 aromatic rings. The largest absolute Gasteiger partial charge is 0.490 e. The number of pyridine rings is 1. The Morgan fingerprint density at radius 1 is 1.47 bits per heavy atom. The third-order valence-electron chi connectivity index (χ3n) is 2.20. The van der Waals surface area contributed by atoms with Crippen molar-refractivity contribution >= 4 is 11.5 Å². The summed E-state index contributed by atoms with van der Waals surface area (Å²) in [6.07, 6.45) is 6.34. The summed E-state index contributed by atoms with van der Waals surface area (Å²) in [5, 5.41) is 7.27. The minimum Gasteiger partial charge on any atom is -0.490 e. The topological polar surface area (TPSA) is 52.0 Å². The summed E-state index contributed by atoms with van der Waals surface area (Å²) in [5.41, 5.74) is 0.896. The highest BCUT2D eigenvalue weighted by Crippen LogP contribution is 2.24. The summed E-state index contributed by atoms with van der Waals surface area (Å²) < 4.78 is 7.35. The van der Waals surface area contributed by atoms with Gasteiger partial charge in [0.1, 0.15) is 0 Å². The molecule has 5 nitrogen and oxygen atoms in total. The third-order valence-corrected chi connectivity index (χ3v) is 2.20. The van der Waals surface area contributed by atoms with Crippen LogP contribution in [-0.4, -0.2) is 21.4 Å².